The number of benzene rings is 2. The minimum absolute atomic E-state index is 0.0255. The Kier molecular flexibility index (Phi) is 5.06. The van der Waals surface area contributed by atoms with Gasteiger partial charge in [0, 0.05) is 11.5 Å². The van der Waals surface area contributed by atoms with E-state index in [4.69, 9.17) is 21.1 Å². The maximum Gasteiger partial charge on any atom is 0.492 e. The summed E-state index contributed by atoms with van der Waals surface area (Å²) in [7, 11) is -0.207. The summed E-state index contributed by atoms with van der Waals surface area (Å²) in [6.45, 7) is 0.144. The summed E-state index contributed by atoms with van der Waals surface area (Å²) in [5, 5.41) is 18.6. The van der Waals surface area contributed by atoms with Gasteiger partial charge in [0.05, 0.1) is 12.1 Å². The van der Waals surface area contributed by atoms with Gasteiger partial charge < -0.3 is 19.5 Å². The van der Waals surface area contributed by atoms with E-state index in [-0.39, 0.29) is 17.1 Å². The minimum Gasteiger partial charge on any atom is -0.497 e. The van der Waals surface area contributed by atoms with Gasteiger partial charge in [-0.05, 0) is 23.8 Å². The van der Waals surface area contributed by atoms with Crippen LogP contribution < -0.4 is 14.9 Å². The van der Waals surface area contributed by atoms with Crippen molar-refractivity contribution >= 4 is 24.2 Å². The monoisotopic (exact) mass is 310 g/mol. The van der Waals surface area contributed by atoms with E-state index >= 15 is 0 Å². The van der Waals surface area contributed by atoms with Gasteiger partial charge in [-0.3, -0.25) is 0 Å². The lowest BCUT2D eigenvalue weighted by molar-refractivity contribution is 0.304. The van der Waals surface area contributed by atoms with Gasteiger partial charge in [0.2, 0.25) is 0 Å². The van der Waals surface area contributed by atoms with Crippen molar-refractivity contribution in [2.24, 2.45) is 0 Å². The number of rotatable bonds is 5. The summed E-state index contributed by atoms with van der Waals surface area (Å²) in [6, 6.07) is 9.02. The molecule has 0 aliphatic carbocycles. The third kappa shape index (κ3) is 3.88. The van der Waals surface area contributed by atoms with Gasteiger partial charge in [0.1, 0.15) is 23.9 Å². The van der Waals surface area contributed by atoms with Crippen LogP contribution in [0.3, 0.4) is 0 Å². The third-order valence-corrected chi connectivity index (χ3v) is 3.18. The molecular formula is C14H13BClFO4. The van der Waals surface area contributed by atoms with Gasteiger partial charge in [-0.15, -0.1) is 0 Å². The molecule has 0 bridgehead atoms. The van der Waals surface area contributed by atoms with Crippen LogP contribution in [0, 0.1) is 5.82 Å². The first-order valence-electron chi connectivity index (χ1n) is 6.12. The van der Waals surface area contributed by atoms with Crippen molar-refractivity contribution < 1.29 is 23.9 Å². The number of ether oxygens (including phenoxy) is 2. The van der Waals surface area contributed by atoms with Crippen LogP contribution in [-0.2, 0) is 6.61 Å². The molecule has 0 spiro atoms. The molecule has 0 unspecified atom stereocenters. The quantitative estimate of drug-likeness (QED) is 0.826. The smallest absolute Gasteiger partial charge is 0.492 e. The maximum atomic E-state index is 13.3. The van der Waals surface area contributed by atoms with Crippen molar-refractivity contribution in [2.45, 2.75) is 6.61 Å². The Balaban J connectivity index is 2.12. The molecule has 2 rings (SSSR count). The Hall–Kier alpha value is -1.76. The molecule has 2 N–H and O–H groups in total. The van der Waals surface area contributed by atoms with Crippen LogP contribution in [0.2, 0.25) is 5.02 Å². The summed E-state index contributed by atoms with van der Waals surface area (Å²) >= 11 is 5.59. The molecule has 21 heavy (non-hydrogen) atoms. The van der Waals surface area contributed by atoms with E-state index in [0.29, 0.717) is 17.1 Å². The van der Waals surface area contributed by atoms with Crippen molar-refractivity contribution in [3.8, 4) is 11.5 Å². The highest BCUT2D eigenvalue weighted by Gasteiger charge is 2.17. The molecule has 2 aromatic carbocycles. The second-order valence-electron chi connectivity index (χ2n) is 4.31. The van der Waals surface area contributed by atoms with Gasteiger partial charge in [0.25, 0.3) is 0 Å². The standard InChI is InChI=1S/C14H13BClFO4/c1-20-14-5-2-9(6-11(14)15(18)19)8-21-10-3-4-12(16)13(17)7-10/h2-7,18-19H,8H2,1H3. The lowest BCUT2D eigenvalue weighted by Crippen LogP contribution is -2.31. The molecule has 4 nitrogen and oxygen atoms in total. The zero-order valence-corrected chi connectivity index (χ0v) is 12.0. The second kappa shape index (κ2) is 6.80. The molecular weight excluding hydrogens is 297 g/mol. The van der Waals surface area contributed by atoms with Gasteiger partial charge in [-0.1, -0.05) is 23.7 Å². The largest absolute Gasteiger partial charge is 0.497 e. The van der Waals surface area contributed by atoms with Gasteiger partial charge in [-0.25, -0.2) is 4.39 Å². The SMILES string of the molecule is COc1ccc(COc2ccc(Cl)c(F)c2)cc1B(O)O. The average Bonchev–Trinajstić information content (AvgIpc) is 2.48. The van der Waals surface area contributed by atoms with Crippen molar-refractivity contribution in [2.75, 3.05) is 7.11 Å². The predicted molar refractivity (Wildman–Crippen MR) is 78.6 cm³/mol. The summed E-state index contributed by atoms with van der Waals surface area (Å²) in [4.78, 5) is 0. The first-order chi connectivity index (χ1) is 10.0. The highest BCUT2D eigenvalue weighted by Crippen LogP contribution is 2.21. The van der Waals surface area contributed by atoms with E-state index in [1.807, 2.05) is 0 Å². The molecule has 0 saturated carbocycles. The third-order valence-electron chi connectivity index (χ3n) is 2.87. The normalized spacial score (nSPS) is 10.3. The topological polar surface area (TPSA) is 58.9 Å². The van der Waals surface area contributed by atoms with Crippen molar-refractivity contribution in [1.29, 1.82) is 0 Å². The van der Waals surface area contributed by atoms with Gasteiger partial charge >= 0.3 is 7.12 Å². The summed E-state index contributed by atoms with van der Waals surface area (Å²) < 4.78 is 23.7. The number of hydrogen-bond donors (Lipinski definition) is 2. The lowest BCUT2D eigenvalue weighted by Gasteiger charge is -2.11. The number of halogens is 2. The first-order valence-corrected chi connectivity index (χ1v) is 6.50. The molecule has 0 fully saturated rings. The van der Waals surface area contributed by atoms with Crippen LogP contribution in [0.1, 0.15) is 5.56 Å². The molecule has 0 aliphatic rings. The van der Waals surface area contributed by atoms with E-state index in [1.165, 1.54) is 19.2 Å². The average molecular weight is 311 g/mol. The zero-order valence-electron chi connectivity index (χ0n) is 11.2. The van der Waals surface area contributed by atoms with Crippen LogP contribution in [0.25, 0.3) is 0 Å². The van der Waals surface area contributed by atoms with Crippen LogP contribution in [-0.4, -0.2) is 24.3 Å². The van der Waals surface area contributed by atoms with Crippen molar-refractivity contribution in [3.05, 3.63) is 52.8 Å². The van der Waals surface area contributed by atoms with Gasteiger partial charge in [-0.2, -0.15) is 0 Å². The summed E-state index contributed by atoms with van der Waals surface area (Å²) in [5.41, 5.74) is 0.926. The van der Waals surface area contributed by atoms with E-state index in [2.05, 4.69) is 0 Å². The van der Waals surface area contributed by atoms with Crippen LogP contribution in [0.4, 0.5) is 4.39 Å². The molecule has 0 amide bonds. The minimum atomic E-state index is -1.65. The second-order valence-corrected chi connectivity index (χ2v) is 4.72. The van der Waals surface area contributed by atoms with Crippen LogP contribution in [0.5, 0.6) is 11.5 Å². The lowest BCUT2D eigenvalue weighted by atomic mass is 9.79. The molecule has 0 aromatic heterocycles. The molecule has 0 heterocycles. The Morgan fingerprint density at radius 2 is 1.95 bits per heavy atom. The van der Waals surface area contributed by atoms with E-state index in [1.54, 1.807) is 24.3 Å². The molecule has 0 saturated heterocycles. The highest BCUT2D eigenvalue weighted by atomic mass is 35.5. The predicted octanol–water partition coefficient (Wildman–Crippen LogP) is 1.75. The van der Waals surface area contributed by atoms with E-state index in [9.17, 15) is 14.4 Å². The molecule has 0 radical (unpaired) electrons. The van der Waals surface area contributed by atoms with Crippen molar-refractivity contribution in [1.82, 2.24) is 0 Å². The van der Waals surface area contributed by atoms with Crippen LogP contribution in [0.15, 0.2) is 36.4 Å². The molecule has 2 aromatic rings. The number of methoxy groups -OCH3 is 1. The summed E-state index contributed by atoms with van der Waals surface area (Å²) in [6.07, 6.45) is 0. The number of hydrogen-bond acceptors (Lipinski definition) is 4. The Labute approximate surface area is 126 Å². The fourth-order valence-electron chi connectivity index (χ4n) is 1.81. The Morgan fingerprint density at radius 3 is 2.57 bits per heavy atom. The fourth-order valence-corrected chi connectivity index (χ4v) is 1.93. The van der Waals surface area contributed by atoms with Crippen LogP contribution >= 0.6 is 11.6 Å². The van der Waals surface area contributed by atoms with Gasteiger partial charge in [0.15, 0.2) is 0 Å². The highest BCUT2D eigenvalue weighted by molar-refractivity contribution is 6.59. The zero-order chi connectivity index (χ0) is 15.4. The fraction of sp³-hybridized carbons (Fsp3) is 0.143. The molecule has 0 atom stereocenters. The molecule has 7 heteroatoms. The van der Waals surface area contributed by atoms with E-state index in [0.717, 1.165) is 0 Å². The van der Waals surface area contributed by atoms with E-state index < -0.39 is 12.9 Å². The molecule has 110 valence electrons. The summed E-state index contributed by atoms with van der Waals surface area (Å²) in [5.74, 6) is 0.139. The van der Waals surface area contributed by atoms with Crippen molar-refractivity contribution in [3.63, 3.8) is 0 Å². The maximum absolute atomic E-state index is 13.3. The Morgan fingerprint density at radius 1 is 1.19 bits per heavy atom. The Bertz CT molecular complexity index is 636. The first kappa shape index (κ1) is 15.6. The molecule has 0 aliphatic heterocycles.